The molecule has 0 atom stereocenters. The van der Waals surface area contributed by atoms with E-state index in [2.05, 4.69) is 62.1 Å². The SMILES string of the molecule is Cc1nc(N(C)C2CCN(C)CC2)ccc1CNC(C)C. The van der Waals surface area contributed by atoms with Crippen molar-refractivity contribution in [1.29, 1.82) is 0 Å². The fourth-order valence-corrected chi connectivity index (χ4v) is 2.84. The molecule has 0 unspecified atom stereocenters. The first kappa shape index (κ1) is 16.2. The van der Waals surface area contributed by atoms with E-state index in [1.54, 1.807) is 0 Å². The average Bonchev–Trinajstić information content (AvgIpc) is 2.46. The van der Waals surface area contributed by atoms with Gasteiger partial charge < -0.3 is 15.1 Å². The molecule has 21 heavy (non-hydrogen) atoms. The largest absolute Gasteiger partial charge is 0.357 e. The van der Waals surface area contributed by atoms with E-state index in [1.807, 2.05) is 0 Å². The highest BCUT2D eigenvalue weighted by molar-refractivity contribution is 5.42. The van der Waals surface area contributed by atoms with Gasteiger partial charge in [-0.1, -0.05) is 19.9 Å². The van der Waals surface area contributed by atoms with Gasteiger partial charge in [0.25, 0.3) is 0 Å². The number of pyridine rings is 1. The molecule has 2 rings (SSSR count). The summed E-state index contributed by atoms with van der Waals surface area (Å²) in [7, 11) is 4.39. The van der Waals surface area contributed by atoms with Crippen LogP contribution in [0.25, 0.3) is 0 Å². The van der Waals surface area contributed by atoms with Crippen LogP contribution in [0.1, 0.15) is 37.9 Å². The number of anilines is 1. The van der Waals surface area contributed by atoms with E-state index in [9.17, 15) is 0 Å². The van der Waals surface area contributed by atoms with Crippen molar-refractivity contribution in [3.05, 3.63) is 23.4 Å². The average molecular weight is 290 g/mol. The van der Waals surface area contributed by atoms with Crippen LogP contribution in [0.5, 0.6) is 0 Å². The highest BCUT2D eigenvalue weighted by Gasteiger charge is 2.21. The van der Waals surface area contributed by atoms with Crippen molar-refractivity contribution in [3.63, 3.8) is 0 Å². The van der Waals surface area contributed by atoms with E-state index in [0.29, 0.717) is 12.1 Å². The molecule has 0 amide bonds. The second-order valence-corrected chi connectivity index (χ2v) is 6.59. The molecule has 1 aromatic rings. The number of aryl methyl sites for hydroxylation is 1. The molecule has 1 saturated heterocycles. The molecule has 1 aromatic heterocycles. The summed E-state index contributed by atoms with van der Waals surface area (Å²) in [5, 5.41) is 3.46. The first-order chi connectivity index (χ1) is 9.97. The van der Waals surface area contributed by atoms with Crippen molar-refractivity contribution in [1.82, 2.24) is 15.2 Å². The van der Waals surface area contributed by atoms with Gasteiger partial charge in [-0.2, -0.15) is 0 Å². The number of likely N-dealkylation sites (tertiary alicyclic amines) is 1. The van der Waals surface area contributed by atoms with Gasteiger partial charge in [-0.25, -0.2) is 4.98 Å². The minimum atomic E-state index is 0.506. The Balaban J connectivity index is 2.01. The quantitative estimate of drug-likeness (QED) is 0.902. The minimum Gasteiger partial charge on any atom is -0.357 e. The molecule has 0 spiro atoms. The topological polar surface area (TPSA) is 31.4 Å². The molecule has 118 valence electrons. The molecule has 1 aliphatic heterocycles. The van der Waals surface area contributed by atoms with Crippen LogP contribution in [0.3, 0.4) is 0 Å². The van der Waals surface area contributed by atoms with Crippen LogP contribution in [-0.2, 0) is 6.54 Å². The Morgan fingerprint density at radius 1 is 1.33 bits per heavy atom. The molecule has 1 N–H and O–H groups in total. The Kier molecular flexibility index (Phi) is 5.59. The fourth-order valence-electron chi connectivity index (χ4n) is 2.84. The molecular weight excluding hydrogens is 260 g/mol. The number of hydrogen-bond acceptors (Lipinski definition) is 4. The van der Waals surface area contributed by atoms with Crippen LogP contribution in [-0.4, -0.2) is 49.2 Å². The van der Waals surface area contributed by atoms with Gasteiger partial charge in [-0.3, -0.25) is 0 Å². The Morgan fingerprint density at radius 2 is 2.00 bits per heavy atom. The lowest BCUT2D eigenvalue weighted by Gasteiger charge is -2.36. The van der Waals surface area contributed by atoms with Crippen molar-refractivity contribution in [2.24, 2.45) is 0 Å². The summed E-state index contributed by atoms with van der Waals surface area (Å²) in [5.74, 6) is 1.11. The minimum absolute atomic E-state index is 0.506. The van der Waals surface area contributed by atoms with E-state index in [0.717, 1.165) is 18.1 Å². The normalized spacial score (nSPS) is 17.4. The standard InChI is InChI=1S/C17H30N4/c1-13(2)18-12-15-6-7-17(19-14(15)3)21(5)16-8-10-20(4)11-9-16/h6-7,13,16,18H,8-12H2,1-5H3. The van der Waals surface area contributed by atoms with Crippen molar-refractivity contribution in [2.75, 3.05) is 32.1 Å². The molecule has 4 nitrogen and oxygen atoms in total. The molecule has 1 aliphatic rings. The Bertz CT molecular complexity index is 450. The Hall–Kier alpha value is -1.13. The zero-order valence-electron chi connectivity index (χ0n) is 14.2. The smallest absolute Gasteiger partial charge is 0.128 e. The lowest BCUT2D eigenvalue weighted by molar-refractivity contribution is 0.252. The van der Waals surface area contributed by atoms with E-state index < -0.39 is 0 Å². The summed E-state index contributed by atoms with van der Waals surface area (Å²) in [4.78, 5) is 9.58. The first-order valence-electron chi connectivity index (χ1n) is 8.08. The number of rotatable bonds is 5. The predicted octanol–water partition coefficient (Wildman–Crippen LogP) is 2.42. The second-order valence-electron chi connectivity index (χ2n) is 6.59. The summed E-state index contributed by atoms with van der Waals surface area (Å²) in [6, 6.07) is 5.51. The van der Waals surface area contributed by atoms with E-state index in [4.69, 9.17) is 4.98 Å². The maximum absolute atomic E-state index is 4.82. The maximum Gasteiger partial charge on any atom is 0.128 e. The third kappa shape index (κ3) is 4.42. The van der Waals surface area contributed by atoms with Gasteiger partial charge in [0.1, 0.15) is 5.82 Å². The molecule has 0 bridgehead atoms. The van der Waals surface area contributed by atoms with Crippen LogP contribution in [0, 0.1) is 6.92 Å². The monoisotopic (exact) mass is 290 g/mol. The van der Waals surface area contributed by atoms with Crippen LogP contribution in [0.15, 0.2) is 12.1 Å². The van der Waals surface area contributed by atoms with Crippen molar-refractivity contribution >= 4 is 5.82 Å². The molecule has 2 heterocycles. The molecule has 0 aromatic carbocycles. The summed E-state index contributed by atoms with van der Waals surface area (Å²) in [6.45, 7) is 9.73. The highest BCUT2D eigenvalue weighted by Crippen LogP contribution is 2.21. The summed E-state index contributed by atoms with van der Waals surface area (Å²) < 4.78 is 0. The van der Waals surface area contributed by atoms with Gasteiger partial charge in [0.05, 0.1) is 0 Å². The summed E-state index contributed by atoms with van der Waals surface area (Å²) in [5.41, 5.74) is 2.43. The third-order valence-corrected chi connectivity index (χ3v) is 4.48. The first-order valence-corrected chi connectivity index (χ1v) is 8.08. The van der Waals surface area contributed by atoms with Crippen LogP contribution < -0.4 is 10.2 Å². The molecule has 0 radical (unpaired) electrons. The lowest BCUT2D eigenvalue weighted by atomic mass is 10.0. The predicted molar refractivity (Wildman–Crippen MR) is 89.9 cm³/mol. The highest BCUT2D eigenvalue weighted by atomic mass is 15.2. The molecule has 1 fully saturated rings. The van der Waals surface area contributed by atoms with Gasteiger partial charge in [0.15, 0.2) is 0 Å². The Labute approximate surface area is 129 Å². The van der Waals surface area contributed by atoms with Crippen LogP contribution >= 0.6 is 0 Å². The molecule has 0 aliphatic carbocycles. The van der Waals surface area contributed by atoms with Gasteiger partial charge in [0.2, 0.25) is 0 Å². The van der Waals surface area contributed by atoms with Gasteiger partial charge in [0, 0.05) is 31.4 Å². The number of hydrogen-bond donors (Lipinski definition) is 1. The van der Waals surface area contributed by atoms with E-state index >= 15 is 0 Å². The van der Waals surface area contributed by atoms with Crippen molar-refractivity contribution in [2.45, 2.75) is 52.2 Å². The van der Waals surface area contributed by atoms with Crippen molar-refractivity contribution < 1.29 is 0 Å². The maximum atomic E-state index is 4.82. The van der Waals surface area contributed by atoms with Gasteiger partial charge >= 0.3 is 0 Å². The van der Waals surface area contributed by atoms with Crippen LogP contribution in [0.2, 0.25) is 0 Å². The Morgan fingerprint density at radius 3 is 2.57 bits per heavy atom. The van der Waals surface area contributed by atoms with Crippen LogP contribution in [0.4, 0.5) is 5.82 Å². The van der Waals surface area contributed by atoms with E-state index in [1.165, 1.54) is 31.5 Å². The third-order valence-electron chi connectivity index (χ3n) is 4.48. The number of nitrogens with zero attached hydrogens (tertiary/aromatic N) is 3. The lowest BCUT2D eigenvalue weighted by Crippen LogP contribution is -2.42. The van der Waals surface area contributed by atoms with Crippen molar-refractivity contribution in [3.8, 4) is 0 Å². The second kappa shape index (κ2) is 7.23. The number of piperidine rings is 1. The molecule has 4 heteroatoms. The number of aromatic nitrogens is 1. The molecular formula is C17H30N4. The summed E-state index contributed by atoms with van der Waals surface area (Å²) in [6.07, 6.45) is 2.45. The van der Waals surface area contributed by atoms with E-state index in [-0.39, 0.29) is 0 Å². The summed E-state index contributed by atoms with van der Waals surface area (Å²) >= 11 is 0. The zero-order chi connectivity index (χ0) is 15.4. The van der Waals surface area contributed by atoms with Gasteiger partial charge in [-0.15, -0.1) is 0 Å². The van der Waals surface area contributed by atoms with Gasteiger partial charge in [-0.05, 0) is 51.5 Å². The fraction of sp³-hybridized carbons (Fsp3) is 0.706. The number of nitrogens with one attached hydrogen (secondary N) is 1. The molecule has 0 saturated carbocycles. The zero-order valence-corrected chi connectivity index (χ0v) is 14.2.